The molecule has 6 rings (SSSR count). The second kappa shape index (κ2) is 12.3. The van der Waals surface area contributed by atoms with Crippen LogP contribution in [0.4, 0.5) is 24.5 Å². The molecule has 3 atom stereocenters. The van der Waals surface area contributed by atoms with Crippen LogP contribution in [0.3, 0.4) is 0 Å². The molecule has 3 aromatic carbocycles. The van der Waals surface area contributed by atoms with Crippen LogP contribution in [0.5, 0.6) is 0 Å². The van der Waals surface area contributed by atoms with Gasteiger partial charge in [0, 0.05) is 37.9 Å². The second-order valence-electron chi connectivity index (χ2n) is 12.4. The van der Waals surface area contributed by atoms with E-state index < -0.39 is 17.3 Å². The molecule has 3 aliphatic rings. The van der Waals surface area contributed by atoms with Gasteiger partial charge in [0.25, 0.3) is 0 Å². The SMILES string of the molecule is CC(=O)N(Cc1ccc(C(F)(F)F)cc1)[C@]1(C(=O)Nc2ccc(N3CCOCC3)cc2)CC[C@H]2Cc3ccccc3C[C@H]2C1. The first-order valence-corrected chi connectivity index (χ1v) is 15.4. The Morgan fingerprint density at radius 1 is 0.932 bits per heavy atom. The molecule has 0 radical (unpaired) electrons. The highest BCUT2D eigenvalue weighted by Crippen LogP contribution is 2.47. The van der Waals surface area contributed by atoms with Crippen molar-refractivity contribution in [3.63, 3.8) is 0 Å². The number of carbonyl (C=O) groups is 2. The van der Waals surface area contributed by atoms with Gasteiger partial charge in [0.1, 0.15) is 5.54 Å². The van der Waals surface area contributed by atoms with Gasteiger partial charge in [-0.2, -0.15) is 13.2 Å². The maximum atomic E-state index is 14.4. The molecule has 1 saturated heterocycles. The van der Waals surface area contributed by atoms with Gasteiger partial charge in [-0.3, -0.25) is 9.59 Å². The zero-order valence-corrected chi connectivity index (χ0v) is 24.9. The lowest BCUT2D eigenvalue weighted by molar-refractivity contribution is -0.149. The predicted octanol–water partition coefficient (Wildman–Crippen LogP) is 6.48. The molecule has 2 aliphatic carbocycles. The Kier molecular flexibility index (Phi) is 8.42. The summed E-state index contributed by atoms with van der Waals surface area (Å²) in [6.45, 7) is 4.44. The van der Waals surface area contributed by atoms with Gasteiger partial charge in [-0.15, -0.1) is 0 Å². The van der Waals surface area contributed by atoms with Gasteiger partial charge in [-0.25, -0.2) is 0 Å². The van der Waals surface area contributed by atoms with E-state index in [1.54, 1.807) is 4.90 Å². The number of amides is 2. The predicted molar refractivity (Wildman–Crippen MR) is 163 cm³/mol. The summed E-state index contributed by atoms with van der Waals surface area (Å²) in [6, 6.07) is 21.0. The van der Waals surface area contributed by atoms with E-state index in [1.165, 1.54) is 30.2 Å². The fourth-order valence-corrected chi connectivity index (χ4v) is 7.33. The highest BCUT2D eigenvalue weighted by atomic mass is 19.4. The number of anilines is 2. The molecule has 0 spiro atoms. The quantitative estimate of drug-likeness (QED) is 0.349. The standard InChI is InChI=1S/C35H38F3N3O3/c1-24(42)41(23-25-6-8-30(9-7-25)35(36,37)38)34(15-14-28-20-26-4-2-3-5-27(26)21-29(28)22-34)33(43)39-31-10-12-32(13-11-31)40-16-18-44-19-17-40/h2-13,28-29H,14-23H2,1H3,(H,39,43)/t28-,29-,34+/m0/s1. The molecule has 0 unspecified atom stereocenters. The Hall–Kier alpha value is -3.85. The van der Waals surface area contributed by atoms with Crippen LogP contribution in [0.1, 0.15) is 48.4 Å². The monoisotopic (exact) mass is 605 g/mol. The van der Waals surface area contributed by atoms with Crippen molar-refractivity contribution < 1.29 is 27.5 Å². The van der Waals surface area contributed by atoms with E-state index >= 15 is 0 Å². The van der Waals surface area contributed by atoms with E-state index in [0.717, 1.165) is 50.2 Å². The number of nitrogens with zero attached hydrogens (tertiary/aromatic N) is 2. The molecule has 0 bridgehead atoms. The van der Waals surface area contributed by atoms with Crippen molar-refractivity contribution in [3.8, 4) is 0 Å². The van der Waals surface area contributed by atoms with Crippen molar-refractivity contribution in [1.29, 1.82) is 0 Å². The minimum Gasteiger partial charge on any atom is -0.378 e. The minimum absolute atomic E-state index is 0.0465. The van der Waals surface area contributed by atoms with E-state index in [9.17, 15) is 22.8 Å². The Balaban J connectivity index is 1.30. The Morgan fingerprint density at radius 2 is 1.57 bits per heavy atom. The lowest BCUT2D eigenvalue weighted by Crippen LogP contribution is -2.61. The number of nitrogens with one attached hydrogen (secondary N) is 1. The van der Waals surface area contributed by atoms with E-state index in [4.69, 9.17) is 4.74 Å². The van der Waals surface area contributed by atoms with Gasteiger partial charge in [-0.05, 0) is 97.0 Å². The van der Waals surface area contributed by atoms with Crippen molar-refractivity contribution in [3.05, 3.63) is 95.1 Å². The number of carbonyl (C=O) groups excluding carboxylic acids is 2. The Bertz CT molecular complexity index is 1490. The van der Waals surface area contributed by atoms with Crippen LogP contribution < -0.4 is 10.2 Å². The van der Waals surface area contributed by atoms with E-state index in [1.807, 2.05) is 30.3 Å². The molecule has 0 aromatic heterocycles. The molecule has 1 saturated carbocycles. The number of morpholine rings is 1. The zero-order chi connectivity index (χ0) is 30.9. The molecular weight excluding hydrogens is 567 g/mol. The van der Waals surface area contributed by atoms with Crippen LogP contribution in [0.15, 0.2) is 72.8 Å². The van der Waals surface area contributed by atoms with Crippen molar-refractivity contribution in [1.82, 2.24) is 4.90 Å². The smallest absolute Gasteiger partial charge is 0.378 e. The molecule has 1 N–H and O–H groups in total. The van der Waals surface area contributed by atoms with Crippen LogP contribution in [-0.2, 0) is 39.9 Å². The third kappa shape index (κ3) is 6.20. The summed E-state index contributed by atoms with van der Waals surface area (Å²) in [7, 11) is 0. The highest BCUT2D eigenvalue weighted by Gasteiger charge is 2.51. The number of hydrogen-bond acceptors (Lipinski definition) is 4. The maximum absolute atomic E-state index is 14.4. The lowest BCUT2D eigenvalue weighted by Gasteiger charge is -2.50. The maximum Gasteiger partial charge on any atom is 0.416 e. The van der Waals surface area contributed by atoms with Crippen LogP contribution in [0.25, 0.3) is 0 Å². The van der Waals surface area contributed by atoms with E-state index in [-0.39, 0.29) is 24.3 Å². The van der Waals surface area contributed by atoms with Gasteiger partial charge >= 0.3 is 6.18 Å². The average Bonchev–Trinajstić information content (AvgIpc) is 3.03. The lowest BCUT2D eigenvalue weighted by atomic mass is 9.62. The van der Waals surface area contributed by atoms with Gasteiger partial charge < -0.3 is 19.9 Å². The van der Waals surface area contributed by atoms with Gasteiger partial charge in [-0.1, -0.05) is 36.4 Å². The molecule has 3 aromatic rings. The van der Waals surface area contributed by atoms with Crippen molar-refractivity contribution in [2.24, 2.45) is 11.8 Å². The normalized spacial score (nSPS) is 23.3. The highest BCUT2D eigenvalue weighted by molar-refractivity contribution is 6.00. The van der Waals surface area contributed by atoms with Gasteiger partial charge in [0.15, 0.2) is 0 Å². The number of benzene rings is 3. The van der Waals surface area contributed by atoms with Gasteiger partial charge in [0.05, 0.1) is 18.8 Å². The Morgan fingerprint density at radius 3 is 2.18 bits per heavy atom. The van der Waals surface area contributed by atoms with E-state index in [2.05, 4.69) is 28.4 Å². The third-order valence-electron chi connectivity index (χ3n) is 9.72. The number of halogens is 3. The number of ether oxygens (including phenoxy) is 1. The Labute approximate surface area is 256 Å². The van der Waals surface area contributed by atoms with Crippen LogP contribution in [-0.4, -0.2) is 48.6 Å². The molecule has 9 heteroatoms. The zero-order valence-electron chi connectivity index (χ0n) is 24.9. The molecule has 44 heavy (non-hydrogen) atoms. The van der Waals surface area contributed by atoms with Crippen molar-refractivity contribution in [2.75, 3.05) is 36.5 Å². The van der Waals surface area contributed by atoms with Crippen LogP contribution in [0, 0.1) is 11.8 Å². The van der Waals surface area contributed by atoms with Crippen LogP contribution in [0.2, 0.25) is 0 Å². The summed E-state index contributed by atoms with van der Waals surface area (Å²) in [5.41, 5.74) is 2.97. The van der Waals surface area contributed by atoms with Crippen molar-refractivity contribution in [2.45, 2.75) is 57.3 Å². The largest absolute Gasteiger partial charge is 0.416 e. The number of alkyl halides is 3. The first-order chi connectivity index (χ1) is 21.1. The summed E-state index contributed by atoms with van der Waals surface area (Å²) in [6.07, 6.45) is -0.930. The van der Waals surface area contributed by atoms with Crippen molar-refractivity contribution >= 4 is 23.2 Å². The number of hydrogen-bond donors (Lipinski definition) is 1. The van der Waals surface area contributed by atoms with Gasteiger partial charge in [0.2, 0.25) is 11.8 Å². The number of rotatable bonds is 6. The summed E-state index contributed by atoms with van der Waals surface area (Å²) in [5.74, 6) is 0.0643. The molecule has 232 valence electrons. The molecule has 1 aliphatic heterocycles. The fraction of sp³-hybridized carbons (Fsp3) is 0.429. The number of fused-ring (bicyclic) bond motifs is 2. The summed E-state index contributed by atoms with van der Waals surface area (Å²) in [4.78, 5) is 31.6. The topological polar surface area (TPSA) is 61.9 Å². The molecule has 6 nitrogen and oxygen atoms in total. The molecule has 1 heterocycles. The van der Waals surface area contributed by atoms with Crippen LogP contribution >= 0.6 is 0 Å². The molecular formula is C35H38F3N3O3. The summed E-state index contributed by atoms with van der Waals surface area (Å²) >= 11 is 0. The summed E-state index contributed by atoms with van der Waals surface area (Å²) < 4.78 is 45.2. The first-order valence-electron chi connectivity index (χ1n) is 15.4. The summed E-state index contributed by atoms with van der Waals surface area (Å²) in [5, 5.41) is 3.12. The molecule has 2 amide bonds. The third-order valence-corrected chi connectivity index (χ3v) is 9.72. The fourth-order valence-electron chi connectivity index (χ4n) is 7.33. The second-order valence-corrected chi connectivity index (χ2v) is 12.4. The minimum atomic E-state index is -4.45. The van der Waals surface area contributed by atoms with E-state index in [0.29, 0.717) is 43.2 Å². The first kappa shape index (κ1) is 30.2. The molecule has 2 fully saturated rings. The average molecular weight is 606 g/mol.